The van der Waals surface area contributed by atoms with Crippen LogP contribution in [0.2, 0.25) is 39.3 Å². The number of nitrogens with two attached hydrogens (primary N) is 1. The summed E-state index contributed by atoms with van der Waals surface area (Å²) in [6, 6.07) is 0. The van der Waals surface area contributed by atoms with Crippen molar-refractivity contribution in [1.82, 2.24) is 0 Å². The van der Waals surface area contributed by atoms with Crippen molar-refractivity contribution >= 4 is 16.6 Å². The first-order valence-corrected chi connectivity index (χ1v) is 12.5. The molecule has 0 aromatic carbocycles. The predicted molar refractivity (Wildman–Crippen MR) is 70.9 cm³/mol. The highest BCUT2D eigenvalue weighted by molar-refractivity contribution is 6.70. The molecule has 0 heterocycles. The topological polar surface area (TPSA) is 44.5 Å². The summed E-state index contributed by atoms with van der Waals surface area (Å²) in [6.07, 6.45) is 1.86. The lowest BCUT2D eigenvalue weighted by Gasteiger charge is -2.31. The van der Waals surface area contributed by atoms with E-state index in [1.807, 2.05) is 0 Å². The van der Waals surface area contributed by atoms with Gasteiger partial charge in [0.05, 0.1) is 0 Å². The van der Waals surface area contributed by atoms with Crippen LogP contribution in [0.3, 0.4) is 0 Å². The lowest BCUT2D eigenvalue weighted by Crippen LogP contribution is -2.40. The fourth-order valence-corrected chi connectivity index (χ4v) is 3.22. The van der Waals surface area contributed by atoms with Crippen LogP contribution in [0.25, 0.3) is 0 Å². The minimum Gasteiger partial charge on any atom is -0.394 e. The van der Waals surface area contributed by atoms with Crippen molar-refractivity contribution in [3.05, 3.63) is 0 Å². The van der Waals surface area contributed by atoms with Gasteiger partial charge in [-0.3, -0.25) is 0 Å². The molecule has 0 rings (SSSR count). The summed E-state index contributed by atoms with van der Waals surface area (Å²) >= 11 is 0. The molecule has 0 spiro atoms. The molecule has 0 aromatic rings. The number of hydrogen-bond donors (Lipinski definition) is 1. The Labute approximate surface area is 96.6 Å². The Hall–Kier alpha value is 0.314. The molecular formula is C10H27NO2Si2. The van der Waals surface area contributed by atoms with Crippen molar-refractivity contribution < 1.29 is 8.85 Å². The molecule has 92 valence electrons. The first-order chi connectivity index (χ1) is 6.64. The minimum atomic E-state index is -1.51. The van der Waals surface area contributed by atoms with E-state index >= 15 is 0 Å². The molecule has 0 unspecified atom stereocenters. The van der Waals surface area contributed by atoms with E-state index in [2.05, 4.69) is 39.3 Å². The van der Waals surface area contributed by atoms with Crippen LogP contribution < -0.4 is 5.73 Å². The molecule has 0 amide bonds. The van der Waals surface area contributed by atoms with Crippen LogP contribution in [0.15, 0.2) is 0 Å². The predicted octanol–water partition coefficient (Wildman–Crippen LogP) is 2.75. The molecule has 15 heavy (non-hydrogen) atoms. The molecule has 5 heteroatoms. The van der Waals surface area contributed by atoms with E-state index in [9.17, 15) is 0 Å². The highest BCUT2D eigenvalue weighted by Crippen LogP contribution is 2.17. The van der Waals surface area contributed by atoms with Crippen LogP contribution in [-0.2, 0) is 8.85 Å². The van der Waals surface area contributed by atoms with E-state index in [1.165, 1.54) is 0 Å². The van der Waals surface area contributed by atoms with Crippen LogP contribution in [0.1, 0.15) is 12.8 Å². The maximum absolute atomic E-state index is 6.01. The standard InChI is InChI=1S/C10H27NO2Si2/c1-14(2,3)12-10(8-7-9-11)13-15(4,5)6/h10H,7-9,11H2,1-6H3. The first kappa shape index (κ1) is 15.3. The van der Waals surface area contributed by atoms with Crippen LogP contribution in [0.4, 0.5) is 0 Å². The third kappa shape index (κ3) is 10.6. The molecule has 0 aliphatic carbocycles. The zero-order valence-electron chi connectivity index (χ0n) is 11.1. The third-order valence-electron chi connectivity index (χ3n) is 1.61. The fourth-order valence-electron chi connectivity index (χ4n) is 1.22. The molecule has 0 aliphatic rings. The maximum atomic E-state index is 6.01. The molecule has 0 aromatic heterocycles. The Morgan fingerprint density at radius 3 is 1.60 bits per heavy atom. The summed E-state index contributed by atoms with van der Waals surface area (Å²) in [5, 5.41) is 0. The van der Waals surface area contributed by atoms with Crippen molar-refractivity contribution in [3.63, 3.8) is 0 Å². The van der Waals surface area contributed by atoms with Crippen LogP contribution in [0, 0.1) is 0 Å². The van der Waals surface area contributed by atoms with E-state index in [0.29, 0.717) is 6.54 Å². The molecule has 0 atom stereocenters. The highest BCUT2D eigenvalue weighted by atomic mass is 28.4. The van der Waals surface area contributed by atoms with Crippen molar-refractivity contribution in [2.45, 2.75) is 58.4 Å². The molecule has 0 fully saturated rings. The molecule has 0 saturated carbocycles. The molecule has 0 radical (unpaired) electrons. The second-order valence-corrected chi connectivity index (χ2v) is 14.7. The second-order valence-electron chi connectivity index (χ2n) is 5.82. The van der Waals surface area contributed by atoms with Gasteiger partial charge in [0.1, 0.15) is 6.29 Å². The fraction of sp³-hybridized carbons (Fsp3) is 1.00. The van der Waals surface area contributed by atoms with Gasteiger partial charge in [0.25, 0.3) is 0 Å². The van der Waals surface area contributed by atoms with E-state index in [4.69, 9.17) is 14.6 Å². The largest absolute Gasteiger partial charge is 0.394 e. The summed E-state index contributed by atoms with van der Waals surface area (Å²) in [6.45, 7) is 13.9. The van der Waals surface area contributed by atoms with Crippen molar-refractivity contribution in [2.24, 2.45) is 5.73 Å². The van der Waals surface area contributed by atoms with E-state index in [1.54, 1.807) is 0 Å². The smallest absolute Gasteiger partial charge is 0.187 e. The maximum Gasteiger partial charge on any atom is 0.187 e. The third-order valence-corrected chi connectivity index (χ3v) is 3.55. The quantitative estimate of drug-likeness (QED) is 0.557. The molecule has 0 aliphatic heterocycles. The Morgan fingerprint density at radius 2 is 1.33 bits per heavy atom. The van der Waals surface area contributed by atoms with Gasteiger partial charge in [-0.25, -0.2) is 0 Å². The Bertz CT molecular complexity index is 159. The molecule has 0 bridgehead atoms. The lowest BCUT2D eigenvalue weighted by molar-refractivity contribution is -0.0143. The van der Waals surface area contributed by atoms with Crippen LogP contribution in [-0.4, -0.2) is 29.5 Å². The normalized spacial score (nSPS) is 13.6. The van der Waals surface area contributed by atoms with E-state index in [-0.39, 0.29) is 6.29 Å². The van der Waals surface area contributed by atoms with Gasteiger partial charge >= 0.3 is 0 Å². The molecule has 2 N–H and O–H groups in total. The van der Waals surface area contributed by atoms with E-state index in [0.717, 1.165) is 12.8 Å². The summed E-state index contributed by atoms with van der Waals surface area (Å²) in [4.78, 5) is 0. The number of hydrogen-bond acceptors (Lipinski definition) is 3. The average Bonchev–Trinajstić information content (AvgIpc) is 1.94. The summed E-state index contributed by atoms with van der Waals surface area (Å²) in [5.74, 6) is 0. The molecular weight excluding hydrogens is 222 g/mol. The van der Waals surface area contributed by atoms with Crippen molar-refractivity contribution in [2.75, 3.05) is 6.54 Å². The lowest BCUT2D eigenvalue weighted by atomic mass is 10.3. The summed E-state index contributed by atoms with van der Waals surface area (Å²) in [5.41, 5.74) is 5.52. The van der Waals surface area contributed by atoms with Crippen molar-refractivity contribution in [3.8, 4) is 0 Å². The Balaban J connectivity index is 4.19. The van der Waals surface area contributed by atoms with Gasteiger partial charge in [-0.2, -0.15) is 0 Å². The van der Waals surface area contributed by atoms with Gasteiger partial charge in [0.15, 0.2) is 16.6 Å². The summed E-state index contributed by atoms with van der Waals surface area (Å²) < 4.78 is 12.0. The van der Waals surface area contributed by atoms with Gasteiger partial charge < -0.3 is 14.6 Å². The van der Waals surface area contributed by atoms with Gasteiger partial charge in [-0.05, 0) is 58.7 Å². The van der Waals surface area contributed by atoms with Gasteiger partial charge in [-0.1, -0.05) is 0 Å². The average molecular weight is 250 g/mol. The van der Waals surface area contributed by atoms with Crippen molar-refractivity contribution in [1.29, 1.82) is 0 Å². The molecule has 0 saturated heterocycles. The van der Waals surface area contributed by atoms with Gasteiger partial charge in [0, 0.05) is 0 Å². The zero-order chi connectivity index (χ0) is 12.1. The van der Waals surface area contributed by atoms with E-state index < -0.39 is 16.6 Å². The SMILES string of the molecule is C[Si](C)(C)OC(CCCN)O[Si](C)(C)C. The summed E-state index contributed by atoms with van der Waals surface area (Å²) in [7, 11) is -3.03. The first-order valence-electron chi connectivity index (χ1n) is 5.70. The molecule has 3 nitrogen and oxygen atoms in total. The second kappa shape index (κ2) is 6.15. The Morgan fingerprint density at radius 1 is 0.933 bits per heavy atom. The Kier molecular flexibility index (Phi) is 6.28. The van der Waals surface area contributed by atoms with Gasteiger partial charge in [-0.15, -0.1) is 0 Å². The minimum absolute atomic E-state index is 0.0353. The highest BCUT2D eigenvalue weighted by Gasteiger charge is 2.26. The monoisotopic (exact) mass is 249 g/mol. The zero-order valence-corrected chi connectivity index (χ0v) is 13.1. The number of rotatable bonds is 7. The van der Waals surface area contributed by atoms with Gasteiger partial charge in [0.2, 0.25) is 0 Å². The van der Waals surface area contributed by atoms with Crippen LogP contribution >= 0.6 is 0 Å². The van der Waals surface area contributed by atoms with Crippen LogP contribution in [0.5, 0.6) is 0 Å².